The van der Waals surface area contributed by atoms with Crippen molar-refractivity contribution >= 4 is 17.9 Å². The number of hydrogen-bond donors (Lipinski definition) is 1. The summed E-state index contributed by atoms with van der Waals surface area (Å²) in [6, 6.07) is 0. The molecule has 1 rings (SSSR count). The molecule has 16 heavy (non-hydrogen) atoms. The lowest BCUT2D eigenvalue weighted by Crippen LogP contribution is -2.41. The van der Waals surface area contributed by atoms with Crippen LogP contribution in [-0.2, 0) is 18.9 Å². The third-order valence-corrected chi connectivity index (χ3v) is 2.39. The van der Waals surface area contributed by atoms with E-state index in [-0.39, 0.29) is 5.69 Å². The number of rotatable bonds is 3. The van der Waals surface area contributed by atoms with E-state index in [2.05, 4.69) is 5.32 Å². The van der Waals surface area contributed by atoms with Crippen molar-refractivity contribution < 1.29 is 4.79 Å². The van der Waals surface area contributed by atoms with Crippen LogP contribution in [0.1, 0.15) is 0 Å². The molecule has 1 amide bonds. The molecule has 0 spiro atoms. The van der Waals surface area contributed by atoms with Gasteiger partial charge in [-0.05, 0) is 0 Å². The number of amides is 1. The van der Waals surface area contributed by atoms with E-state index in [0.29, 0.717) is 12.2 Å². The molecule has 1 heterocycles. The Kier molecular flexibility index (Phi) is 3.17. The zero-order valence-electron chi connectivity index (χ0n) is 9.64. The van der Waals surface area contributed by atoms with Crippen molar-refractivity contribution in [3.63, 3.8) is 0 Å². The van der Waals surface area contributed by atoms with Gasteiger partial charge in [0.1, 0.15) is 5.82 Å². The highest BCUT2D eigenvalue weighted by molar-refractivity contribution is 5.80. The molecule has 7 heteroatoms. The molecule has 0 aliphatic carbocycles. The Labute approximate surface area is 91.9 Å². The molecule has 0 fully saturated rings. The highest BCUT2D eigenvalue weighted by atomic mass is 16.2. The van der Waals surface area contributed by atoms with Gasteiger partial charge in [0.25, 0.3) is 5.56 Å². The maximum Gasteiger partial charge on any atom is 0.332 e. The molecule has 7 nitrogen and oxygen atoms in total. The van der Waals surface area contributed by atoms with E-state index in [1.807, 2.05) is 0 Å². The van der Waals surface area contributed by atoms with Gasteiger partial charge in [0.05, 0.1) is 0 Å². The summed E-state index contributed by atoms with van der Waals surface area (Å²) in [5.74, 6) is 0.308. The van der Waals surface area contributed by atoms with E-state index >= 15 is 0 Å². The van der Waals surface area contributed by atoms with Crippen LogP contribution in [0.4, 0.5) is 11.5 Å². The fourth-order valence-electron chi connectivity index (χ4n) is 1.48. The van der Waals surface area contributed by atoms with Crippen LogP contribution in [0.3, 0.4) is 0 Å². The summed E-state index contributed by atoms with van der Waals surface area (Å²) in [6.07, 6.45) is 0.516. The summed E-state index contributed by atoms with van der Waals surface area (Å²) in [5, 5.41) is 2.74. The minimum atomic E-state index is -0.512. The molecule has 0 unspecified atom stereocenters. The van der Waals surface area contributed by atoms with Crippen LogP contribution in [0, 0.1) is 0 Å². The molecule has 1 aromatic rings. The van der Waals surface area contributed by atoms with Crippen LogP contribution in [0.15, 0.2) is 9.59 Å². The molecular formula is C9H14N4O3. The summed E-state index contributed by atoms with van der Waals surface area (Å²) < 4.78 is 2.23. The van der Waals surface area contributed by atoms with Crippen LogP contribution in [-0.4, -0.2) is 29.6 Å². The molecule has 1 aromatic heterocycles. The first-order chi connectivity index (χ1) is 7.45. The van der Waals surface area contributed by atoms with Gasteiger partial charge in [-0.1, -0.05) is 0 Å². The largest absolute Gasteiger partial charge is 0.373 e. The second kappa shape index (κ2) is 4.21. The number of aromatic nitrogens is 2. The highest BCUT2D eigenvalue weighted by Crippen LogP contribution is 2.15. The molecule has 0 aliphatic heterocycles. The summed E-state index contributed by atoms with van der Waals surface area (Å²) >= 11 is 0. The predicted molar refractivity (Wildman–Crippen MR) is 60.9 cm³/mol. The van der Waals surface area contributed by atoms with Crippen molar-refractivity contribution in [1.29, 1.82) is 0 Å². The van der Waals surface area contributed by atoms with Crippen molar-refractivity contribution in [2.24, 2.45) is 14.1 Å². The van der Waals surface area contributed by atoms with Crippen LogP contribution < -0.4 is 21.5 Å². The minimum Gasteiger partial charge on any atom is -0.373 e. The number of carbonyl (C=O) groups is 1. The molecule has 0 aliphatic rings. The third-order valence-electron chi connectivity index (χ3n) is 2.39. The number of anilines is 2. The number of carbonyl (C=O) groups excluding carboxylic acids is 1. The van der Waals surface area contributed by atoms with Gasteiger partial charge in [0.15, 0.2) is 5.69 Å². The van der Waals surface area contributed by atoms with Gasteiger partial charge in [-0.15, -0.1) is 0 Å². The molecule has 0 saturated heterocycles. The second-order valence-electron chi connectivity index (χ2n) is 3.37. The SMILES string of the molecule is CNc1c(N(C)C=O)c(=O)n(C)c(=O)n1C. The summed E-state index contributed by atoms with van der Waals surface area (Å²) in [6.45, 7) is 0. The summed E-state index contributed by atoms with van der Waals surface area (Å²) in [7, 11) is 5.92. The van der Waals surface area contributed by atoms with Gasteiger partial charge in [-0.3, -0.25) is 18.7 Å². The molecule has 0 bridgehead atoms. The van der Waals surface area contributed by atoms with Crippen LogP contribution in [0.2, 0.25) is 0 Å². The molecule has 88 valence electrons. The lowest BCUT2D eigenvalue weighted by Gasteiger charge is -2.18. The Morgan fingerprint density at radius 2 is 1.81 bits per heavy atom. The average Bonchev–Trinajstić information content (AvgIpc) is 2.29. The first-order valence-corrected chi connectivity index (χ1v) is 4.61. The van der Waals surface area contributed by atoms with Crippen LogP contribution >= 0.6 is 0 Å². The lowest BCUT2D eigenvalue weighted by atomic mass is 10.4. The molecular weight excluding hydrogens is 212 g/mol. The van der Waals surface area contributed by atoms with Gasteiger partial charge in [-0.25, -0.2) is 4.79 Å². The smallest absolute Gasteiger partial charge is 0.332 e. The fourth-order valence-corrected chi connectivity index (χ4v) is 1.48. The lowest BCUT2D eigenvalue weighted by molar-refractivity contribution is -0.107. The standard InChI is InChI=1S/C9H14N4O3/c1-10-7-6(11(2)5-14)8(15)13(4)9(16)12(7)3/h5,10H,1-4H3. The molecule has 0 aromatic carbocycles. The fraction of sp³-hybridized carbons (Fsp3) is 0.444. The van der Waals surface area contributed by atoms with Crippen molar-refractivity contribution in [2.45, 2.75) is 0 Å². The van der Waals surface area contributed by atoms with Crippen molar-refractivity contribution in [1.82, 2.24) is 9.13 Å². The molecule has 0 atom stereocenters. The van der Waals surface area contributed by atoms with Crippen molar-refractivity contribution in [3.8, 4) is 0 Å². The third kappa shape index (κ3) is 1.60. The molecule has 1 N–H and O–H groups in total. The number of hydrogen-bond acceptors (Lipinski definition) is 4. The molecule has 0 saturated carbocycles. The maximum absolute atomic E-state index is 11.8. The van der Waals surface area contributed by atoms with E-state index in [1.165, 1.54) is 25.7 Å². The Bertz CT molecular complexity index is 529. The summed E-state index contributed by atoms with van der Waals surface area (Å²) in [5.41, 5.74) is -0.818. The number of nitrogens with one attached hydrogen (secondary N) is 1. The second-order valence-corrected chi connectivity index (χ2v) is 3.37. The van der Waals surface area contributed by atoms with E-state index in [9.17, 15) is 14.4 Å². The van der Waals surface area contributed by atoms with E-state index in [0.717, 1.165) is 9.47 Å². The Morgan fingerprint density at radius 1 is 1.25 bits per heavy atom. The number of nitrogens with zero attached hydrogens (tertiary/aromatic N) is 3. The van der Waals surface area contributed by atoms with E-state index in [4.69, 9.17) is 0 Å². The zero-order valence-corrected chi connectivity index (χ0v) is 9.64. The predicted octanol–water partition coefficient (Wildman–Crippen LogP) is -1.28. The Balaban J connectivity index is 3.78. The van der Waals surface area contributed by atoms with E-state index < -0.39 is 11.2 Å². The van der Waals surface area contributed by atoms with Crippen molar-refractivity contribution in [3.05, 3.63) is 20.8 Å². The minimum absolute atomic E-state index is 0.141. The highest BCUT2D eigenvalue weighted by Gasteiger charge is 2.17. The zero-order chi connectivity index (χ0) is 12.5. The van der Waals surface area contributed by atoms with Gasteiger partial charge in [-0.2, -0.15) is 0 Å². The van der Waals surface area contributed by atoms with Gasteiger partial charge >= 0.3 is 5.69 Å². The first kappa shape index (κ1) is 12.0. The quantitative estimate of drug-likeness (QED) is 0.651. The van der Waals surface area contributed by atoms with Crippen molar-refractivity contribution in [2.75, 3.05) is 24.3 Å². The molecule has 0 radical (unpaired) electrons. The van der Waals surface area contributed by atoms with Crippen LogP contribution in [0.25, 0.3) is 0 Å². The van der Waals surface area contributed by atoms with Crippen LogP contribution in [0.5, 0.6) is 0 Å². The maximum atomic E-state index is 11.8. The topological polar surface area (TPSA) is 76.3 Å². The first-order valence-electron chi connectivity index (χ1n) is 4.61. The van der Waals surface area contributed by atoms with E-state index in [1.54, 1.807) is 7.05 Å². The van der Waals surface area contributed by atoms with Gasteiger partial charge < -0.3 is 10.2 Å². The Hall–Kier alpha value is -2.05. The monoisotopic (exact) mass is 226 g/mol. The average molecular weight is 226 g/mol. The summed E-state index contributed by atoms with van der Waals surface area (Å²) in [4.78, 5) is 35.3. The van der Waals surface area contributed by atoms with Gasteiger partial charge in [0.2, 0.25) is 6.41 Å². The van der Waals surface area contributed by atoms with Gasteiger partial charge in [0, 0.05) is 28.2 Å². The Morgan fingerprint density at radius 3 is 2.25 bits per heavy atom. The normalized spacial score (nSPS) is 10.0.